The second-order valence-corrected chi connectivity index (χ2v) is 9.41. The van der Waals surface area contributed by atoms with Gasteiger partial charge < -0.3 is 15.8 Å². The SMILES string of the molecule is Cc1cc(C(=O)Nc2cccc(CN3CCC(C(=O)NC(C)(C)C)CC3)c2)c[n+]([O-])c1. The van der Waals surface area contributed by atoms with Crippen molar-refractivity contribution in [1.29, 1.82) is 0 Å². The highest BCUT2D eigenvalue weighted by molar-refractivity contribution is 6.04. The number of hydrogen-bond donors (Lipinski definition) is 2. The van der Waals surface area contributed by atoms with Gasteiger partial charge in [-0.2, -0.15) is 4.73 Å². The molecule has 1 aromatic heterocycles. The van der Waals surface area contributed by atoms with Crippen molar-refractivity contribution in [3.05, 3.63) is 64.6 Å². The van der Waals surface area contributed by atoms with E-state index in [2.05, 4.69) is 15.5 Å². The van der Waals surface area contributed by atoms with Gasteiger partial charge in [-0.25, -0.2) is 0 Å². The predicted molar refractivity (Wildman–Crippen MR) is 120 cm³/mol. The van der Waals surface area contributed by atoms with Crippen molar-refractivity contribution in [2.75, 3.05) is 18.4 Å². The molecule has 2 amide bonds. The number of likely N-dealkylation sites (tertiary alicyclic amines) is 1. The van der Waals surface area contributed by atoms with Gasteiger partial charge in [0.05, 0.1) is 0 Å². The lowest BCUT2D eigenvalue weighted by Crippen LogP contribution is -2.46. The zero-order valence-electron chi connectivity index (χ0n) is 18.8. The lowest BCUT2D eigenvalue weighted by atomic mass is 9.94. The molecular formula is C24H32N4O3. The number of aromatic nitrogens is 1. The first kappa shape index (κ1) is 22.7. The van der Waals surface area contributed by atoms with Crippen molar-refractivity contribution >= 4 is 17.5 Å². The second-order valence-electron chi connectivity index (χ2n) is 9.41. The van der Waals surface area contributed by atoms with E-state index in [1.54, 1.807) is 13.0 Å². The molecule has 166 valence electrons. The summed E-state index contributed by atoms with van der Waals surface area (Å²) in [7, 11) is 0. The minimum Gasteiger partial charge on any atom is -0.619 e. The van der Waals surface area contributed by atoms with Gasteiger partial charge >= 0.3 is 0 Å². The van der Waals surface area contributed by atoms with E-state index in [1.807, 2.05) is 45.0 Å². The van der Waals surface area contributed by atoms with Crippen molar-refractivity contribution in [3.8, 4) is 0 Å². The van der Waals surface area contributed by atoms with Crippen LogP contribution in [0.15, 0.2) is 42.7 Å². The van der Waals surface area contributed by atoms with Gasteiger partial charge in [0.15, 0.2) is 12.4 Å². The van der Waals surface area contributed by atoms with Crippen molar-refractivity contribution in [3.63, 3.8) is 0 Å². The molecule has 1 fully saturated rings. The van der Waals surface area contributed by atoms with Gasteiger partial charge in [-0.05, 0) is 77.4 Å². The molecule has 0 radical (unpaired) electrons. The average Bonchev–Trinajstić information content (AvgIpc) is 2.66. The third-order valence-electron chi connectivity index (χ3n) is 5.29. The maximum atomic E-state index is 12.5. The molecular weight excluding hydrogens is 392 g/mol. The van der Waals surface area contributed by atoms with Gasteiger partial charge in [-0.3, -0.25) is 14.5 Å². The van der Waals surface area contributed by atoms with E-state index in [1.165, 1.54) is 12.4 Å². The van der Waals surface area contributed by atoms with Crippen LogP contribution in [0.25, 0.3) is 0 Å². The summed E-state index contributed by atoms with van der Waals surface area (Å²) in [5, 5.41) is 17.5. The molecule has 0 aliphatic carbocycles. The number of pyridine rings is 1. The summed E-state index contributed by atoms with van der Waals surface area (Å²) in [5.74, 6) is -0.0947. The fourth-order valence-electron chi connectivity index (χ4n) is 3.85. The van der Waals surface area contributed by atoms with Gasteiger partial charge in [0.2, 0.25) is 5.91 Å². The first-order chi connectivity index (χ1) is 14.6. The molecule has 2 heterocycles. The predicted octanol–water partition coefficient (Wildman–Crippen LogP) is 3.01. The molecule has 2 aromatic rings. The number of nitrogens with zero attached hydrogens (tertiary/aromatic N) is 2. The largest absolute Gasteiger partial charge is 0.619 e. The van der Waals surface area contributed by atoms with Crippen molar-refractivity contribution in [2.24, 2.45) is 5.92 Å². The minimum absolute atomic E-state index is 0.0687. The van der Waals surface area contributed by atoms with Gasteiger partial charge in [-0.1, -0.05) is 12.1 Å². The molecule has 0 spiro atoms. The summed E-state index contributed by atoms with van der Waals surface area (Å²) < 4.78 is 0.645. The third-order valence-corrected chi connectivity index (χ3v) is 5.29. The average molecular weight is 425 g/mol. The van der Waals surface area contributed by atoms with Gasteiger partial charge in [0.1, 0.15) is 5.56 Å². The monoisotopic (exact) mass is 424 g/mol. The number of nitrogens with one attached hydrogen (secondary N) is 2. The first-order valence-electron chi connectivity index (χ1n) is 10.7. The second kappa shape index (κ2) is 9.47. The van der Waals surface area contributed by atoms with Crippen LogP contribution in [0, 0.1) is 18.0 Å². The lowest BCUT2D eigenvalue weighted by molar-refractivity contribution is -0.605. The highest BCUT2D eigenvalue weighted by atomic mass is 16.5. The van der Waals surface area contributed by atoms with Gasteiger partial charge in [0.25, 0.3) is 5.91 Å². The van der Waals surface area contributed by atoms with Crippen LogP contribution in [0.3, 0.4) is 0 Å². The Bertz CT molecular complexity index is 924. The van der Waals surface area contributed by atoms with E-state index in [4.69, 9.17) is 0 Å². The van der Waals surface area contributed by atoms with E-state index in [9.17, 15) is 14.8 Å². The molecule has 1 aromatic carbocycles. The summed E-state index contributed by atoms with van der Waals surface area (Å²) >= 11 is 0. The number of piperidine rings is 1. The molecule has 7 heteroatoms. The Morgan fingerprint density at radius 2 is 1.87 bits per heavy atom. The number of hydrogen-bond acceptors (Lipinski definition) is 4. The fourth-order valence-corrected chi connectivity index (χ4v) is 3.85. The number of rotatable bonds is 5. The zero-order valence-corrected chi connectivity index (χ0v) is 18.8. The van der Waals surface area contributed by atoms with Crippen molar-refractivity contribution in [1.82, 2.24) is 10.2 Å². The van der Waals surface area contributed by atoms with Crippen LogP contribution in [0.2, 0.25) is 0 Å². The highest BCUT2D eigenvalue weighted by Gasteiger charge is 2.27. The zero-order chi connectivity index (χ0) is 22.6. The summed E-state index contributed by atoms with van der Waals surface area (Å²) in [6.07, 6.45) is 4.39. The maximum absolute atomic E-state index is 12.5. The molecule has 1 saturated heterocycles. The van der Waals surface area contributed by atoms with E-state index in [0.29, 0.717) is 16.0 Å². The Morgan fingerprint density at radius 3 is 2.52 bits per heavy atom. The number of anilines is 1. The van der Waals surface area contributed by atoms with Gasteiger partial charge in [-0.15, -0.1) is 0 Å². The highest BCUT2D eigenvalue weighted by Crippen LogP contribution is 2.21. The van der Waals surface area contributed by atoms with Crippen LogP contribution in [-0.4, -0.2) is 35.3 Å². The molecule has 7 nitrogen and oxygen atoms in total. The van der Waals surface area contributed by atoms with Crippen LogP contribution < -0.4 is 15.4 Å². The Hall–Kier alpha value is -2.93. The van der Waals surface area contributed by atoms with E-state index in [0.717, 1.165) is 43.6 Å². The third kappa shape index (κ3) is 6.79. The quantitative estimate of drug-likeness (QED) is 0.570. The van der Waals surface area contributed by atoms with E-state index in [-0.39, 0.29) is 23.3 Å². The molecule has 0 bridgehead atoms. The molecule has 0 atom stereocenters. The molecule has 1 aliphatic rings. The van der Waals surface area contributed by atoms with Crippen LogP contribution in [0.5, 0.6) is 0 Å². The minimum atomic E-state index is -0.309. The molecule has 31 heavy (non-hydrogen) atoms. The normalized spacial score (nSPS) is 15.5. The van der Waals surface area contributed by atoms with Crippen LogP contribution in [0.1, 0.15) is 55.1 Å². The molecule has 0 unspecified atom stereocenters. The lowest BCUT2D eigenvalue weighted by Gasteiger charge is -2.33. The number of amides is 2. The van der Waals surface area contributed by atoms with Crippen LogP contribution in [-0.2, 0) is 11.3 Å². The number of carbonyl (C=O) groups excluding carboxylic acids is 2. The number of benzene rings is 1. The first-order valence-corrected chi connectivity index (χ1v) is 10.7. The number of aryl methyl sites for hydroxylation is 1. The Labute approximate surface area is 184 Å². The molecule has 3 rings (SSSR count). The smallest absolute Gasteiger partial charge is 0.261 e. The molecule has 2 N–H and O–H groups in total. The Balaban J connectivity index is 1.55. The van der Waals surface area contributed by atoms with Gasteiger partial charge in [0, 0.05) is 29.3 Å². The van der Waals surface area contributed by atoms with Crippen LogP contribution in [0.4, 0.5) is 5.69 Å². The van der Waals surface area contributed by atoms with E-state index >= 15 is 0 Å². The summed E-state index contributed by atoms with van der Waals surface area (Å²) in [4.78, 5) is 27.2. The fraction of sp³-hybridized carbons (Fsp3) is 0.458. The number of carbonyl (C=O) groups is 2. The molecule has 1 aliphatic heterocycles. The standard InChI is InChI=1S/C24H32N4O3/c1-17-12-20(16-28(31)14-17)22(29)25-21-7-5-6-18(13-21)15-27-10-8-19(9-11-27)23(30)26-24(2,3)4/h5-7,12-14,16,19H,8-11,15H2,1-4H3,(H,25,29)(H,26,30). The van der Waals surface area contributed by atoms with Crippen LogP contribution >= 0.6 is 0 Å². The summed E-state index contributed by atoms with van der Waals surface area (Å²) in [5.41, 5.74) is 2.65. The molecule has 0 saturated carbocycles. The Morgan fingerprint density at radius 1 is 1.16 bits per heavy atom. The topological polar surface area (TPSA) is 88.4 Å². The van der Waals surface area contributed by atoms with E-state index < -0.39 is 0 Å². The maximum Gasteiger partial charge on any atom is 0.261 e. The summed E-state index contributed by atoms with van der Waals surface area (Å²) in [6.45, 7) is 10.3. The Kier molecular flexibility index (Phi) is 6.95. The summed E-state index contributed by atoms with van der Waals surface area (Å²) in [6, 6.07) is 9.43. The van der Waals surface area contributed by atoms with Crippen molar-refractivity contribution < 1.29 is 14.3 Å². The van der Waals surface area contributed by atoms with Crippen molar-refractivity contribution in [2.45, 2.75) is 52.6 Å².